The highest BCUT2D eigenvalue weighted by molar-refractivity contribution is 8.00. The van der Waals surface area contributed by atoms with E-state index in [2.05, 4.69) is 5.32 Å². The SMILES string of the molecule is CCOC(=O)[C@H](CCc1ccccc1)NC(C)C(=O)N(C[C@@H]1CCCS1)C(C)C(=O)O. The van der Waals surface area contributed by atoms with Crippen molar-refractivity contribution in [3.8, 4) is 0 Å². The molecule has 1 fully saturated rings. The number of hydrogen-bond donors (Lipinski definition) is 2. The van der Waals surface area contributed by atoms with Crippen molar-refractivity contribution in [3.63, 3.8) is 0 Å². The quantitative estimate of drug-likeness (QED) is 0.473. The normalized spacial score (nSPS) is 18.7. The van der Waals surface area contributed by atoms with Gasteiger partial charge in [0.25, 0.3) is 0 Å². The van der Waals surface area contributed by atoms with Gasteiger partial charge in [0.05, 0.1) is 12.6 Å². The molecular weight excluding hydrogens is 416 g/mol. The number of esters is 1. The molecule has 8 heteroatoms. The van der Waals surface area contributed by atoms with Gasteiger partial charge in [0.1, 0.15) is 12.1 Å². The maximum absolute atomic E-state index is 13.2. The highest BCUT2D eigenvalue weighted by Gasteiger charge is 2.33. The van der Waals surface area contributed by atoms with Crippen molar-refractivity contribution in [2.75, 3.05) is 18.9 Å². The van der Waals surface area contributed by atoms with Crippen molar-refractivity contribution in [1.29, 1.82) is 0 Å². The molecule has 7 nitrogen and oxygen atoms in total. The average molecular weight is 451 g/mol. The van der Waals surface area contributed by atoms with Gasteiger partial charge in [0, 0.05) is 11.8 Å². The number of nitrogens with one attached hydrogen (secondary N) is 1. The fourth-order valence-electron chi connectivity index (χ4n) is 3.67. The Kier molecular flexibility index (Phi) is 10.3. The van der Waals surface area contributed by atoms with Gasteiger partial charge in [-0.25, -0.2) is 4.79 Å². The number of aryl methyl sites for hydroxylation is 1. The zero-order valence-corrected chi connectivity index (χ0v) is 19.4. The van der Waals surface area contributed by atoms with Crippen LogP contribution in [0.25, 0.3) is 0 Å². The van der Waals surface area contributed by atoms with Gasteiger partial charge in [0.2, 0.25) is 5.91 Å². The molecule has 0 aliphatic carbocycles. The van der Waals surface area contributed by atoms with E-state index in [9.17, 15) is 19.5 Å². The first-order valence-corrected chi connectivity index (χ1v) is 12.0. The third-order valence-electron chi connectivity index (χ3n) is 5.49. The Bertz CT molecular complexity index is 724. The maximum atomic E-state index is 13.2. The Morgan fingerprint density at radius 2 is 1.97 bits per heavy atom. The number of carboxylic acids is 1. The zero-order chi connectivity index (χ0) is 22.8. The summed E-state index contributed by atoms with van der Waals surface area (Å²) in [5.41, 5.74) is 1.09. The Morgan fingerprint density at radius 3 is 2.55 bits per heavy atom. The molecule has 1 aliphatic rings. The lowest BCUT2D eigenvalue weighted by Gasteiger charge is -2.32. The highest BCUT2D eigenvalue weighted by atomic mass is 32.2. The van der Waals surface area contributed by atoms with E-state index < -0.39 is 30.1 Å². The number of hydrogen-bond acceptors (Lipinski definition) is 6. The molecule has 1 amide bonds. The molecule has 0 saturated carbocycles. The lowest BCUT2D eigenvalue weighted by atomic mass is 10.0. The van der Waals surface area contributed by atoms with Gasteiger partial charge >= 0.3 is 11.9 Å². The molecule has 2 unspecified atom stereocenters. The van der Waals surface area contributed by atoms with Crippen LogP contribution in [0.5, 0.6) is 0 Å². The number of ether oxygens (including phenoxy) is 1. The van der Waals surface area contributed by atoms with Crippen molar-refractivity contribution >= 4 is 29.6 Å². The van der Waals surface area contributed by atoms with Gasteiger partial charge < -0.3 is 14.7 Å². The third kappa shape index (κ3) is 7.85. The molecule has 1 heterocycles. The molecule has 1 saturated heterocycles. The molecular formula is C23H34N2O5S. The largest absolute Gasteiger partial charge is 0.480 e. The van der Waals surface area contributed by atoms with Gasteiger partial charge in [-0.15, -0.1) is 0 Å². The number of benzene rings is 1. The summed E-state index contributed by atoms with van der Waals surface area (Å²) in [7, 11) is 0. The number of rotatable bonds is 12. The van der Waals surface area contributed by atoms with Crippen LogP contribution in [-0.4, -0.2) is 70.1 Å². The molecule has 1 aromatic carbocycles. The fourth-order valence-corrected chi connectivity index (χ4v) is 4.94. The standard InChI is InChI=1S/C23H34N2O5S/c1-4-30-23(29)20(13-12-18-9-6-5-7-10-18)24-16(2)21(26)25(17(3)22(27)28)15-19-11-8-14-31-19/h5-7,9-10,16-17,19-20,24H,4,8,11-15H2,1-3H3,(H,27,28)/t16?,17?,19-,20-/m0/s1. The van der Waals surface area contributed by atoms with Crippen molar-refractivity contribution < 1.29 is 24.2 Å². The predicted molar refractivity (Wildman–Crippen MR) is 122 cm³/mol. The van der Waals surface area contributed by atoms with Crippen molar-refractivity contribution in [2.24, 2.45) is 0 Å². The Hall–Kier alpha value is -2.06. The van der Waals surface area contributed by atoms with Gasteiger partial charge in [-0.3, -0.25) is 14.9 Å². The summed E-state index contributed by atoms with van der Waals surface area (Å²) < 4.78 is 5.20. The summed E-state index contributed by atoms with van der Waals surface area (Å²) in [5, 5.41) is 12.9. The number of carboxylic acid groups (broad SMARTS) is 1. The minimum Gasteiger partial charge on any atom is -0.480 e. The van der Waals surface area contributed by atoms with Crippen LogP contribution >= 0.6 is 11.8 Å². The van der Waals surface area contributed by atoms with E-state index in [4.69, 9.17) is 4.74 Å². The molecule has 0 radical (unpaired) electrons. The van der Waals surface area contributed by atoms with E-state index in [-0.39, 0.29) is 17.8 Å². The predicted octanol–water partition coefficient (Wildman–Crippen LogP) is 2.73. The molecule has 172 valence electrons. The van der Waals surface area contributed by atoms with Crippen molar-refractivity contribution in [2.45, 2.75) is 69.8 Å². The number of carbonyl (C=O) groups is 3. The molecule has 31 heavy (non-hydrogen) atoms. The van der Waals surface area contributed by atoms with Crippen molar-refractivity contribution in [3.05, 3.63) is 35.9 Å². The van der Waals surface area contributed by atoms with Crippen molar-refractivity contribution in [1.82, 2.24) is 10.2 Å². The zero-order valence-electron chi connectivity index (χ0n) is 18.6. The van der Waals surface area contributed by atoms with Gasteiger partial charge in [-0.05, 0) is 57.8 Å². The first-order valence-electron chi connectivity index (χ1n) is 10.9. The number of carbonyl (C=O) groups excluding carboxylic acids is 2. The summed E-state index contributed by atoms with van der Waals surface area (Å²) in [4.78, 5) is 38.8. The summed E-state index contributed by atoms with van der Waals surface area (Å²) >= 11 is 1.78. The summed E-state index contributed by atoms with van der Waals surface area (Å²) in [6.45, 7) is 5.62. The molecule has 0 aromatic heterocycles. The second-order valence-electron chi connectivity index (χ2n) is 7.86. The van der Waals surface area contributed by atoms with Crippen LogP contribution in [0, 0.1) is 0 Å². The molecule has 2 N–H and O–H groups in total. The van der Waals surface area contributed by atoms with E-state index in [0.717, 1.165) is 24.2 Å². The Morgan fingerprint density at radius 1 is 1.26 bits per heavy atom. The fraction of sp³-hybridized carbons (Fsp3) is 0.609. The maximum Gasteiger partial charge on any atom is 0.326 e. The van der Waals surface area contributed by atoms with Gasteiger partial charge in [-0.2, -0.15) is 11.8 Å². The number of thioether (sulfide) groups is 1. The van der Waals surface area contributed by atoms with Crippen LogP contribution in [-0.2, 0) is 25.5 Å². The van der Waals surface area contributed by atoms with E-state index in [1.54, 1.807) is 25.6 Å². The lowest BCUT2D eigenvalue weighted by Crippen LogP contribution is -2.55. The number of nitrogens with zero attached hydrogens (tertiary/aromatic N) is 1. The second kappa shape index (κ2) is 12.7. The topological polar surface area (TPSA) is 95.9 Å². The smallest absolute Gasteiger partial charge is 0.326 e. The van der Waals surface area contributed by atoms with Crippen LogP contribution in [0.1, 0.15) is 45.6 Å². The van der Waals surface area contributed by atoms with Crippen LogP contribution < -0.4 is 5.32 Å². The molecule has 1 aliphatic heterocycles. The lowest BCUT2D eigenvalue weighted by molar-refractivity contribution is -0.151. The van der Waals surface area contributed by atoms with Crippen LogP contribution in [0.2, 0.25) is 0 Å². The van der Waals surface area contributed by atoms with E-state index in [0.29, 0.717) is 19.4 Å². The minimum atomic E-state index is -1.03. The number of amides is 1. The molecule has 1 aromatic rings. The Balaban J connectivity index is 2.07. The first-order chi connectivity index (χ1) is 14.8. The monoisotopic (exact) mass is 450 g/mol. The minimum absolute atomic E-state index is 0.247. The van der Waals surface area contributed by atoms with Gasteiger partial charge in [-0.1, -0.05) is 30.3 Å². The molecule has 4 atom stereocenters. The van der Waals surface area contributed by atoms with Crippen LogP contribution in [0.3, 0.4) is 0 Å². The second-order valence-corrected chi connectivity index (χ2v) is 9.27. The average Bonchev–Trinajstić information content (AvgIpc) is 3.28. The third-order valence-corrected chi connectivity index (χ3v) is 6.87. The first kappa shape index (κ1) is 25.2. The summed E-state index contributed by atoms with van der Waals surface area (Å²) in [5.74, 6) is -0.708. The molecule has 0 bridgehead atoms. The Labute approximate surface area is 188 Å². The van der Waals surface area contributed by atoms with Crippen LogP contribution in [0.15, 0.2) is 30.3 Å². The van der Waals surface area contributed by atoms with Crippen LogP contribution in [0.4, 0.5) is 0 Å². The summed E-state index contributed by atoms with van der Waals surface area (Å²) in [6, 6.07) is 7.52. The highest BCUT2D eigenvalue weighted by Crippen LogP contribution is 2.27. The van der Waals surface area contributed by atoms with Gasteiger partial charge in [0.15, 0.2) is 0 Å². The van der Waals surface area contributed by atoms with E-state index in [1.165, 1.54) is 11.8 Å². The summed E-state index contributed by atoms with van der Waals surface area (Å²) in [6.07, 6.45) is 3.20. The molecule has 0 spiro atoms. The van der Waals surface area contributed by atoms with E-state index in [1.807, 2.05) is 30.3 Å². The number of aliphatic carboxylic acids is 1. The molecule has 2 rings (SSSR count). The van der Waals surface area contributed by atoms with E-state index >= 15 is 0 Å².